The molecule has 0 heterocycles. The Kier molecular flexibility index (Phi) is 9.50. The van der Waals surface area contributed by atoms with Crippen LogP contribution in [0.5, 0.6) is 0 Å². The zero-order valence-corrected chi connectivity index (χ0v) is 18.1. The van der Waals surface area contributed by atoms with E-state index in [4.69, 9.17) is 0 Å². The summed E-state index contributed by atoms with van der Waals surface area (Å²) in [5.41, 5.74) is 2.42. The first-order valence-corrected chi connectivity index (χ1v) is 10.2. The molecule has 2 amide bonds. The summed E-state index contributed by atoms with van der Waals surface area (Å²) in [5.74, 6) is 0.744. The largest absolute Gasteiger partial charge is 0.349 e. The van der Waals surface area contributed by atoms with E-state index in [0.29, 0.717) is 19.0 Å². The van der Waals surface area contributed by atoms with Gasteiger partial charge in [0.1, 0.15) is 0 Å². The molecule has 0 saturated heterocycles. The number of rotatable bonds is 10. The zero-order chi connectivity index (χ0) is 20.6. The molecule has 0 aliphatic rings. The van der Waals surface area contributed by atoms with Gasteiger partial charge in [-0.05, 0) is 43.7 Å². The van der Waals surface area contributed by atoms with Crippen LogP contribution in [-0.4, -0.2) is 37.5 Å². The van der Waals surface area contributed by atoms with Crippen LogP contribution in [0.1, 0.15) is 71.6 Å². The number of nitrogens with one attached hydrogen (secondary N) is 3. The minimum absolute atomic E-state index is 0.0145. The third-order valence-electron chi connectivity index (χ3n) is 4.72. The van der Waals surface area contributed by atoms with Crippen LogP contribution in [0.15, 0.2) is 24.3 Å². The van der Waals surface area contributed by atoms with Gasteiger partial charge in [-0.25, -0.2) is 0 Å². The van der Waals surface area contributed by atoms with E-state index in [9.17, 15) is 9.59 Å². The maximum Gasteiger partial charge on any atom is 0.275 e. The van der Waals surface area contributed by atoms with E-state index in [1.807, 2.05) is 20.8 Å². The summed E-state index contributed by atoms with van der Waals surface area (Å²) in [6.07, 6.45) is 0. The van der Waals surface area contributed by atoms with Crippen LogP contribution < -0.4 is 15.5 Å². The van der Waals surface area contributed by atoms with Gasteiger partial charge in [0.05, 0.1) is 12.6 Å². The number of carbonyl (C=O) groups is 2. The van der Waals surface area contributed by atoms with Crippen molar-refractivity contribution in [3.05, 3.63) is 35.4 Å². The van der Waals surface area contributed by atoms with Crippen LogP contribution in [-0.2, 0) is 9.59 Å². The fourth-order valence-electron chi connectivity index (χ4n) is 3.09. The Bertz CT molecular complexity index is 594. The molecule has 0 spiro atoms. The Labute approximate surface area is 164 Å². The first-order chi connectivity index (χ1) is 12.6. The Morgan fingerprint density at radius 1 is 0.852 bits per heavy atom. The van der Waals surface area contributed by atoms with Crippen LogP contribution in [0.2, 0.25) is 0 Å². The third-order valence-corrected chi connectivity index (χ3v) is 4.72. The molecule has 0 fully saturated rings. The predicted molar refractivity (Wildman–Crippen MR) is 111 cm³/mol. The quantitative estimate of drug-likeness (QED) is 0.585. The molecule has 0 bridgehead atoms. The molecule has 0 saturated carbocycles. The highest BCUT2D eigenvalue weighted by molar-refractivity contribution is 5.79. The second kappa shape index (κ2) is 11.1. The van der Waals surface area contributed by atoms with Gasteiger partial charge in [0.2, 0.25) is 0 Å². The van der Waals surface area contributed by atoms with Gasteiger partial charge in [-0.1, -0.05) is 52.0 Å². The number of quaternary nitrogens is 1. The van der Waals surface area contributed by atoms with Crippen LogP contribution in [0.25, 0.3) is 0 Å². The van der Waals surface area contributed by atoms with Gasteiger partial charge in [0.15, 0.2) is 13.1 Å². The first-order valence-electron chi connectivity index (χ1n) is 10.2. The van der Waals surface area contributed by atoms with E-state index < -0.39 is 0 Å². The minimum Gasteiger partial charge on any atom is -0.349 e. The molecule has 0 aliphatic carbocycles. The molecule has 0 aliphatic heterocycles. The number of amides is 2. The summed E-state index contributed by atoms with van der Waals surface area (Å²) in [7, 11) is 0. The molecular formula is C22H38N3O2+. The van der Waals surface area contributed by atoms with Crippen molar-refractivity contribution in [1.29, 1.82) is 0 Å². The fraction of sp³-hybridized carbons (Fsp3) is 0.636. The monoisotopic (exact) mass is 376 g/mol. The maximum atomic E-state index is 12.6. The molecule has 0 radical (unpaired) electrons. The van der Waals surface area contributed by atoms with E-state index in [2.05, 4.69) is 62.6 Å². The smallest absolute Gasteiger partial charge is 0.275 e. The van der Waals surface area contributed by atoms with Crippen molar-refractivity contribution < 1.29 is 14.5 Å². The lowest BCUT2D eigenvalue weighted by atomic mass is 9.93. The molecule has 1 unspecified atom stereocenters. The second-order valence-corrected chi connectivity index (χ2v) is 8.29. The lowest BCUT2D eigenvalue weighted by Gasteiger charge is -2.25. The second-order valence-electron chi connectivity index (χ2n) is 8.29. The summed E-state index contributed by atoms with van der Waals surface area (Å²) in [5, 5.41) is 6.06. The van der Waals surface area contributed by atoms with Crippen LogP contribution in [0.3, 0.4) is 0 Å². The van der Waals surface area contributed by atoms with E-state index in [0.717, 1.165) is 17.0 Å². The molecule has 2 atom stereocenters. The van der Waals surface area contributed by atoms with Crippen molar-refractivity contribution in [2.24, 2.45) is 5.92 Å². The highest BCUT2D eigenvalue weighted by Gasteiger charge is 2.22. The summed E-state index contributed by atoms with van der Waals surface area (Å²) in [4.78, 5) is 25.6. The molecule has 1 aromatic rings. The van der Waals surface area contributed by atoms with Crippen molar-refractivity contribution in [2.45, 2.75) is 66.5 Å². The molecule has 1 rings (SSSR count). The van der Waals surface area contributed by atoms with E-state index in [1.165, 1.54) is 5.56 Å². The molecular weight excluding hydrogens is 338 g/mol. The van der Waals surface area contributed by atoms with Crippen molar-refractivity contribution in [3.8, 4) is 0 Å². The highest BCUT2D eigenvalue weighted by Crippen LogP contribution is 2.23. The van der Waals surface area contributed by atoms with Gasteiger partial charge in [0.25, 0.3) is 11.8 Å². The van der Waals surface area contributed by atoms with Crippen LogP contribution in [0.4, 0.5) is 0 Å². The number of benzene rings is 1. The average molecular weight is 377 g/mol. The van der Waals surface area contributed by atoms with Crippen molar-refractivity contribution in [1.82, 2.24) is 10.6 Å². The Morgan fingerprint density at radius 2 is 1.33 bits per heavy atom. The predicted octanol–water partition coefficient (Wildman–Crippen LogP) is 2.05. The van der Waals surface area contributed by atoms with Crippen molar-refractivity contribution in [3.63, 3.8) is 0 Å². The summed E-state index contributed by atoms with van der Waals surface area (Å²) in [6, 6.07) is 8.59. The zero-order valence-electron chi connectivity index (χ0n) is 18.1. The van der Waals surface area contributed by atoms with Gasteiger partial charge in [-0.15, -0.1) is 0 Å². The van der Waals surface area contributed by atoms with E-state index >= 15 is 0 Å². The van der Waals surface area contributed by atoms with Gasteiger partial charge in [-0.2, -0.15) is 0 Å². The van der Waals surface area contributed by atoms with Gasteiger partial charge >= 0.3 is 0 Å². The molecule has 1 aromatic carbocycles. The van der Waals surface area contributed by atoms with Gasteiger partial charge in [-0.3, -0.25) is 9.59 Å². The normalized spacial score (nSPS) is 13.7. The van der Waals surface area contributed by atoms with Gasteiger partial charge < -0.3 is 15.5 Å². The lowest BCUT2D eigenvalue weighted by molar-refractivity contribution is -0.881. The lowest BCUT2D eigenvalue weighted by Crippen LogP contribution is -3.14. The Hall–Kier alpha value is -1.88. The molecule has 0 aromatic heterocycles. The first kappa shape index (κ1) is 23.2. The average Bonchev–Trinajstić information content (AvgIpc) is 2.58. The van der Waals surface area contributed by atoms with E-state index in [-0.39, 0.29) is 29.8 Å². The minimum atomic E-state index is -0.0266. The summed E-state index contributed by atoms with van der Waals surface area (Å²) >= 11 is 0. The van der Waals surface area contributed by atoms with Crippen LogP contribution >= 0.6 is 0 Å². The number of likely N-dealkylation sites (N-methyl/N-ethyl adjacent to an activating group) is 1. The van der Waals surface area contributed by atoms with Crippen molar-refractivity contribution >= 4 is 11.8 Å². The maximum absolute atomic E-state index is 12.6. The van der Waals surface area contributed by atoms with Crippen LogP contribution in [0, 0.1) is 5.92 Å². The third kappa shape index (κ3) is 8.12. The van der Waals surface area contributed by atoms with E-state index in [1.54, 1.807) is 0 Å². The highest BCUT2D eigenvalue weighted by atomic mass is 16.2. The number of carbonyl (C=O) groups excluding carboxylic acids is 2. The molecule has 3 N–H and O–H groups in total. The topological polar surface area (TPSA) is 62.6 Å². The Morgan fingerprint density at radius 3 is 1.74 bits per heavy atom. The molecule has 5 nitrogen and oxygen atoms in total. The SMILES string of the molecule is CC[NH+](CC(=O)NC(C)C)CC(=O)N[C@H](c1ccc(C(C)C)cc1)C(C)C. The summed E-state index contributed by atoms with van der Waals surface area (Å²) in [6.45, 7) is 15.8. The Balaban J connectivity index is 2.73. The van der Waals surface area contributed by atoms with Crippen molar-refractivity contribution in [2.75, 3.05) is 19.6 Å². The molecule has 5 heteroatoms. The van der Waals surface area contributed by atoms with Gasteiger partial charge in [0, 0.05) is 6.04 Å². The number of hydrogen-bond acceptors (Lipinski definition) is 2. The summed E-state index contributed by atoms with van der Waals surface area (Å²) < 4.78 is 0. The molecule has 152 valence electrons. The number of hydrogen-bond donors (Lipinski definition) is 3. The standard InChI is InChI=1S/C22H37N3O2/c1-8-25(13-20(26)23-17(6)7)14-21(27)24-22(16(4)5)19-11-9-18(10-12-19)15(2)3/h9-12,15-17,22H,8,13-14H2,1-7H3,(H,23,26)(H,24,27)/p+1/t22-/m0/s1. The fourth-order valence-corrected chi connectivity index (χ4v) is 3.09. The molecule has 27 heavy (non-hydrogen) atoms.